The molecule has 1 aromatic carbocycles. The second-order valence-corrected chi connectivity index (χ2v) is 4.86. The Morgan fingerprint density at radius 2 is 1.70 bits per heavy atom. The van der Waals surface area contributed by atoms with Crippen molar-refractivity contribution in [2.45, 2.75) is 12.2 Å². The standard InChI is InChI=1S/C14H13NO5/c16-8-3-1-7(2-4-8)15-13(17)11-9-5-6-10(20-9)12(11)14(18)19/h1-6,9-12,16H,(H,15,17)(H,18,19)/p-1/t9-,10+,11+,12+/m1/s1. The number of carboxylic acid groups (broad SMARTS) is 1. The van der Waals surface area contributed by atoms with Crippen molar-refractivity contribution >= 4 is 17.6 Å². The van der Waals surface area contributed by atoms with E-state index in [1.807, 2.05) is 0 Å². The average Bonchev–Trinajstić information content (AvgIpc) is 3.01. The van der Waals surface area contributed by atoms with E-state index in [4.69, 9.17) is 4.74 Å². The summed E-state index contributed by atoms with van der Waals surface area (Å²) < 4.78 is 5.40. The van der Waals surface area contributed by atoms with Gasteiger partial charge in [-0.1, -0.05) is 12.2 Å². The summed E-state index contributed by atoms with van der Waals surface area (Å²) in [6, 6.07) is 5.93. The number of ether oxygens (including phenoxy) is 1. The van der Waals surface area contributed by atoms with Gasteiger partial charge in [-0.25, -0.2) is 0 Å². The minimum atomic E-state index is -1.28. The predicted octanol–water partition coefficient (Wildman–Crippen LogP) is -0.350. The minimum Gasteiger partial charge on any atom is -0.550 e. The average molecular weight is 274 g/mol. The number of carbonyl (C=O) groups is 2. The van der Waals surface area contributed by atoms with Gasteiger partial charge in [-0.2, -0.15) is 0 Å². The van der Waals surface area contributed by atoms with Crippen LogP contribution in [0.15, 0.2) is 36.4 Å². The van der Waals surface area contributed by atoms with E-state index < -0.39 is 35.9 Å². The number of aromatic hydroxyl groups is 1. The van der Waals surface area contributed by atoms with Gasteiger partial charge in [0.05, 0.1) is 18.1 Å². The largest absolute Gasteiger partial charge is 0.550 e. The van der Waals surface area contributed by atoms with Gasteiger partial charge in [0.1, 0.15) is 5.75 Å². The first-order valence-corrected chi connectivity index (χ1v) is 6.21. The van der Waals surface area contributed by atoms with Crippen LogP contribution >= 0.6 is 0 Å². The fourth-order valence-corrected chi connectivity index (χ4v) is 2.67. The van der Waals surface area contributed by atoms with Crippen molar-refractivity contribution in [1.29, 1.82) is 0 Å². The zero-order valence-corrected chi connectivity index (χ0v) is 10.4. The van der Waals surface area contributed by atoms with Crippen molar-refractivity contribution in [2.75, 3.05) is 5.32 Å². The van der Waals surface area contributed by atoms with Crippen molar-refractivity contribution in [3.05, 3.63) is 36.4 Å². The molecule has 0 spiro atoms. The van der Waals surface area contributed by atoms with E-state index in [1.54, 1.807) is 12.2 Å². The van der Waals surface area contributed by atoms with Crippen LogP contribution in [0.2, 0.25) is 0 Å². The molecule has 0 radical (unpaired) electrons. The molecule has 2 N–H and O–H groups in total. The molecular weight excluding hydrogens is 262 g/mol. The highest BCUT2D eigenvalue weighted by Crippen LogP contribution is 2.39. The number of anilines is 1. The summed E-state index contributed by atoms with van der Waals surface area (Å²) in [4.78, 5) is 23.4. The molecule has 2 aliphatic rings. The van der Waals surface area contributed by atoms with E-state index in [1.165, 1.54) is 24.3 Å². The number of aliphatic carboxylic acids is 1. The third-order valence-corrected chi connectivity index (χ3v) is 3.61. The smallest absolute Gasteiger partial charge is 0.231 e. The van der Waals surface area contributed by atoms with Gasteiger partial charge in [-0.05, 0) is 24.3 Å². The molecule has 1 amide bonds. The van der Waals surface area contributed by atoms with E-state index in [-0.39, 0.29) is 5.75 Å². The summed E-state index contributed by atoms with van der Waals surface area (Å²) in [5, 5.41) is 23.0. The Balaban J connectivity index is 1.78. The highest BCUT2D eigenvalue weighted by atomic mass is 16.5. The zero-order chi connectivity index (χ0) is 14.3. The Labute approximate surface area is 114 Å². The molecule has 1 saturated heterocycles. The van der Waals surface area contributed by atoms with Crippen LogP contribution in [0.1, 0.15) is 0 Å². The van der Waals surface area contributed by atoms with Crippen LogP contribution in [0, 0.1) is 11.8 Å². The molecule has 0 aliphatic carbocycles. The minimum absolute atomic E-state index is 0.0850. The van der Waals surface area contributed by atoms with Gasteiger partial charge in [0.15, 0.2) is 0 Å². The summed E-state index contributed by atoms with van der Waals surface area (Å²) in [7, 11) is 0. The van der Waals surface area contributed by atoms with Crippen molar-refractivity contribution < 1.29 is 24.5 Å². The quantitative estimate of drug-likeness (QED) is 0.580. The number of fused-ring (bicyclic) bond motifs is 2. The fraction of sp³-hybridized carbons (Fsp3) is 0.286. The summed E-state index contributed by atoms with van der Waals surface area (Å²) >= 11 is 0. The van der Waals surface area contributed by atoms with E-state index in [0.29, 0.717) is 5.69 Å². The maximum absolute atomic E-state index is 12.2. The normalized spacial score (nSPS) is 30.4. The van der Waals surface area contributed by atoms with Crippen LogP contribution in [0.3, 0.4) is 0 Å². The molecule has 3 rings (SSSR count). The number of rotatable bonds is 3. The molecule has 2 heterocycles. The van der Waals surface area contributed by atoms with Gasteiger partial charge in [0, 0.05) is 17.6 Å². The lowest BCUT2D eigenvalue weighted by atomic mass is 9.82. The van der Waals surface area contributed by atoms with E-state index >= 15 is 0 Å². The molecule has 1 aromatic rings. The van der Waals surface area contributed by atoms with Crippen molar-refractivity contribution in [3.8, 4) is 5.75 Å². The lowest BCUT2D eigenvalue weighted by Crippen LogP contribution is -2.45. The molecule has 0 unspecified atom stereocenters. The number of hydrogen-bond acceptors (Lipinski definition) is 5. The third kappa shape index (κ3) is 2.04. The Morgan fingerprint density at radius 1 is 1.10 bits per heavy atom. The van der Waals surface area contributed by atoms with Gasteiger partial charge >= 0.3 is 0 Å². The van der Waals surface area contributed by atoms with E-state index in [0.717, 1.165) is 0 Å². The number of amides is 1. The third-order valence-electron chi connectivity index (χ3n) is 3.61. The van der Waals surface area contributed by atoms with Crippen LogP contribution in [0.5, 0.6) is 5.75 Å². The SMILES string of the molecule is O=C([O-])[C@@H]1[C@@H](C(=O)Nc2ccc(O)cc2)[C@H]2C=C[C@@H]1O2. The highest BCUT2D eigenvalue weighted by molar-refractivity contribution is 5.96. The second kappa shape index (κ2) is 4.64. The lowest BCUT2D eigenvalue weighted by Gasteiger charge is -2.24. The number of phenolic OH excluding ortho intramolecular Hbond substituents is 1. The van der Waals surface area contributed by atoms with Crippen LogP contribution in [-0.4, -0.2) is 29.2 Å². The van der Waals surface area contributed by atoms with Gasteiger partial charge < -0.3 is 25.1 Å². The Morgan fingerprint density at radius 3 is 2.30 bits per heavy atom. The van der Waals surface area contributed by atoms with Crippen molar-refractivity contribution in [2.24, 2.45) is 11.8 Å². The zero-order valence-electron chi connectivity index (χ0n) is 10.4. The first-order chi connectivity index (χ1) is 9.56. The number of phenols is 1. The Bertz CT molecular complexity index is 580. The number of carboxylic acids is 1. The first-order valence-electron chi connectivity index (χ1n) is 6.21. The number of benzene rings is 1. The first kappa shape index (κ1) is 12.7. The summed E-state index contributed by atoms with van der Waals surface area (Å²) in [5.41, 5.74) is 0.483. The Hall–Kier alpha value is -2.34. The predicted molar refractivity (Wildman–Crippen MR) is 66.5 cm³/mol. The van der Waals surface area contributed by atoms with E-state index in [9.17, 15) is 19.8 Å². The van der Waals surface area contributed by atoms with Crippen LogP contribution in [0.25, 0.3) is 0 Å². The summed E-state index contributed by atoms with van der Waals surface area (Å²) in [5.74, 6) is -3.40. The molecule has 6 nitrogen and oxygen atoms in total. The summed E-state index contributed by atoms with van der Waals surface area (Å²) in [6.07, 6.45) is 2.22. The van der Waals surface area contributed by atoms with Crippen molar-refractivity contribution in [3.63, 3.8) is 0 Å². The number of hydrogen-bond donors (Lipinski definition) is 2. The molecule has 4 atom stereocenters. The molecule has 6 heteroatoms. The van der Waals surface area contributed by atoms with Crippen molar-refractivity contribution in [1.82, 2.24) is 0 Å². The monoisotopic (exact) mass is 274 g/mol. The molecule has 20 heavy (non-hydrogen) atoms. The Kier molecular flexibility index (Phi) is 2.94. The lowest BCUT2D eigenvalue weighted by molar-refractivity contribution is -0.313. The highest BCUT2D eigenvalue weighted by Gasteiger charge is 2.50. The van der Waals surface area contributed by atoms with Gasteiger partial charge in [-0.3, -0.25) is 4.79 Å². The number of carbonyl (C=O) groups excluding carboxylic acids is 2. The molecule has 104 valence electrons. The van der Waals surface area contributed by atoms with Crippen LogP contribution in [-0.2, 0) is 14.3 Å². The topological polar surface area (TPSA) is 98.7 Å². The molecule has 1 fully saturated rings. The maximum Gasteiger partial charge on any atom is 0.231 e. The van der Waals surface area contributed by atoms with Crippen LogP contribution in [0.4, 0.5) is 5.69 Å². The molecule has 2 bridgehead atoms. The maximum atomic E-state index is 12.2. The van der Waals surface area contributed by atoms with Gasteiger partial charge in [0.25, 0.3) is 0 Å². The summed E-state index contributed by atoms with van der Waals surface area (Å²) in [6.45, 7) is 0. The second-order valence-electron chi connectivity index (χ2n) is 4.86. The van der Waals surface area contributed by atoms with Crippen LogP contribution < -0.4 is 10.4 Å². The van der Waals surface area contributed by atoms with Gasteiger partial charge in [-0.15, -0.1) is 0 Å². The molecule has 2 aliphatic heterocycles. The fourth-order valence-electron chi connectivity index (χ4n) is 2.67. The molecule has 0 saturated carbocycles. The number of nitrogens with one attached hydrogen (secondary N) is 1. The van der Waals surface area contributed by atoms with E-state index in [2.05, 4.69) is 5.32 Å². The molecular formula is C14H12NO5-. The molecule has 0 aromatic heterocycles. The van der Waals surface area contributed by atoms with Gasteiger partial charge in [0.2, 0.25) is 5.91 Å².